The molecule has 1 fully saturated rings. The molecule has 0 saturated carbocycles. The summed E-state index contributed by atoms with van der Waals surface area (Å²) < 4.78 is 5.29. The summed E-state index contributed by atoms with van der Waals surface area (Å²) in [4.78, 5) is 11.7. The highest BCUT2D eigenvalue weighted by Gasteiger charge is 2.24. The first kappa shape index (κ1) is 12.5. The lowest BCUT2D eigenvalue weighted by Crippen LogP contribution is -2.39. The molecule has 3 N–H and O–H groups in total. The second kappa shape index (κ2) is 6.08. The van der Waals surface area contributed by atoms with Crippen LogP contribution < -0.4 is 11.1 Å². The average molecular weight is 214 g/mol. The fourth-order valence-electron chi connectivity index (χ4n) is 1.88. The van der Waals surface area contributed by atoms with Crippen molar-refractivity contribution in [2.45, 2.75) is 32.7 Å². The van der Waals surface area contributed by atoms with E-state index in [0.717, 1.165) is 26.1 Å². The van der Waals surface area contributed by atoms with E-state index in [1.807, 2.05) is 13.8 Å². The van der Waals surface area contributed by atoms with Crippen molar-refractivity contribution in [3.8, 4) is 0 Å². The molecule has 0 radical (unpaired) electrons. The molecule has 2 unspecified atom stereocenters. The number of hydrogen-bond donors (Lipinski definition) is 2. The molecule has 0 bridgehead atoms. The normalized spacial score (nSPS) is 23.1. The predicted octanol–water partition coefficient (Wildman–Crippen LogP) is 0.513. The Labute approximate surface area is 91.5 Å². The van der Waals surface area contributed by atoms with Gasteiger partial charge in [-0.3, -0.25) is 4.79 Å². The molecule has 1 heterocycles. The number of amides is 1. The van der Waals surface area contributed by atoms with E-state index in [0.29, 0.717) is 12.5 Å². The van der Waals surface area contributed by atoms with E-state index in [2.05, 4.69) is 5.32 Å². The maximum absolute atomic E-state index is 11.7. The van der Waals surface area contributed by atoms with Crippen molar-refractivity contribution in [3.63, 3.8) is 0 Å². The van der Waals surface area contributed by atoms with Gasteiger partial charge in [-0.1, -0.05) is 0 Å². The number of hydrogen-bond acceptors (Lipinski definition) is 3. The van der Waals surface area contributed by atoms with E-state index in [1.54, 1.807) is 0 Å². The summed E-state index contributed by atoms with van der Waals surface area (Å²) in [6.07, 6.45) is 1.92. The fourth-order valence-corrected chi connectivity index (χ4v) is 1.88. The monoisotopic (exact) mass is 214 g/mol. The zero-order valence-electron chi connectivity index (χ0n) is 9.66. The van der Waals surface area contributed by atoms with Crippen LogP contribution in [0.5, 0.6) is 0 Å². The molecule has 0 aromatic heterocycles. The number of nitrogens with one attached hydrogen (secondary N) is 1. The van der Waals surface area contributed by atoms with E-state index in [4.69, 9.17) is 10.5 Å². The van der Waals surface area contributed by atoms with Gasteiger partial charge in [0.2, 0.25) is 5.91 Å². The Balaban J connectivity index is 2.36. The summed E-state index contributed by atoms with van der Waals surface area (Å²) in [5.74, 6) is 0.537. The fraction of sp³-hybridized carbons (Fsp3) is 0.909. The van der Waals surface area contributed by atoms with E-state index in [1.165, 1.54) is 0 Å². The molecular weight excluding hydrogens is 192 g/mol. The Morgan fingerprint density at radius 2 is 2.33 bits per heavy atom. The molecule has 2 atom stereocenters. The van der Waals surface area contributed by atoms with Crippen molar-refractivity contribution in [2.24, 2.45) is 17.6 Å². The van der Waals surface area contributed by atoms with Crippen LogP contribution in [0.3, 0.4) is 0 Å². The quantitative estimate of drug-likeness (QED) is 0.701. The maximum atomic E-state index is 11.7. The van der Waals surface area contributed by atoms with Gasteiger partial charge < -0.3 is 15.8 Å². The minimum atomic E-state index is -0.0564. The van der Waals surface area contributed by atoms with Crippen LogP contribution in [0, 0.1) is 11.8 Å². The Kier molecular flexibility index (Phi) is 5.05. The lowest BCUT2D eigenvalue weighted by Gasteiger charge is -2.19. The van der Waals surface area contributed by atoms with Crippen molar-refractivity contribution in [1.29, 1.82) is 0 Å². The molecule has 15 heavy (non-hydrogen) atoms. The maximum Gasteiger partial charge on any atom is 0.224 e. The zero-order chi connectivity index (χ0) is 11.3. The van der Waals surface area contributed by atoms with Gasteiger partial charge in [0.05, 0.1) is 5.92 Å². The molecule has 1 rings (SSSR count). The van der Waals surface area contributed by atoms with Crippen molar-refractivity contribution >= 4 is 5.91 Å². The van der Waals surface area contributed by atoms with Gasteiger partial charge in [-0.25, -0.2) is 0 Å². The summed E-state index contributed by atoms with van der Waals surface area (Å²) >= 11 is 0. The molecule has 4 nitrogen and oxygen atoms in total. The van der Waals surface area contributed by atoms with E-state index < -0.39 is 0 Å². The van der Waals surface area contributed by atoms with E-state index >= 15 is 0 Å². The lowest BCUT2D eigenvalue weighted by molar-refractivity contribution is -0.125. The molecule has 0 spiro atoms. The Hall–Kier alpha value is -0.610. The predicted molar refractivity (Wildman–Crippen MR) is 59.4 cm³/mol. The molecule has 1 amide bonds. The van der Waals surface area contributed by atoms with Crippen LogP contribution in [-0.2, 0) is 9.53 Å². The van der Waals surface area contributed by atoms with Crippen LogP contribution in [0.15, 0.2) is 0 Å². The number of carbonyl (C=O) groups excluding carboxylic acids is 1. The second-order valence-corrected chi connectivity index (χ2v) is 4.56. The molecule has 1 aliphatic heterocycles. The minimum Gasteiger partial charge on any atom is -0.381 e. The zero-order valence-corrected chi connectivity index (χ0v) is 9.66. The Bertz CT molecular complexity index is 201. The molecule has 0 aliphatic carbocycles. The number of rotatable bonds is 5. The van der Waals surface area contributed by atoms with Crippen molar-refractivity contribution in [1.82, 2.24) is 5.32 Å². The van der Waals surface area contributed by atoms with E-state index in [-0.39, 0.29) is 17.9 Å². The van der Waals surface area contributed by atoms with Gasteiger partial charge in [0.25, 0.3) is 0 Å². The molecule has 0 aromatic carbocycles. The van der Waals surface area contributed by atoms with E-state index in [9.17, 15) is 4.79 Å². The van der Waals surface area contributed by atoms with Gasteiger partial charge >= 0.3 is 0 Å². The van der Waals surface area contributed by atoms with Crippen LogP contribution in [0.1, 0.15) is 26.7 Å². The third-order valence-electron chi connectivity index (χ3n) is 2.73. The van der Waals surface area contributed by atoms with Crippen LogP contribution in [0.25, 0.3) is 0 Å². The largest absolute Gasteiger partial charge is 0.381 e. The number of ether oxygens (including phenoxy) is 1. The first-order chi connectivity index (χ1) is 7.13. The summed E-state index contributed by atoms with van der Waals surface area (Å²) in [5.41, 5.74) is 5.63. The molecule has 1 saturated heterocycles. The lowest BCUT2D eigenvalue weighted by atomic mass is 9.93. The highest BCUT2D eigenvalue weighted by atomic mass is 16.5. The van der Waals surface area contributed by atoms with Gasteiger partial charge in [-0.05, 0) is 32.6 Å². The Morgan fingerprint density at radius 3 is 2.80 bits per heavy atom. The first-order valence-electron chi connectivity index (χ1n) is 5.71. The number of nitrogens with two attached hydrogens (primary N) is 1. The summed E-state index contributed by atoms with van der Waals surface area (Å²) in [7, 11) is 0. The first-order valence-corrected chi connectivity index (χ1v) is 5.71. The molecule has 1 aliphatic rings. The average Bonchev–Trinajstić information content (AvgIpc) is 2.65. The molecular formula is C11H22N2O2. The van der Waals surface area contributed by atoms with Crippen LogP contribution in [0.2, 0.25) is 0 Å². The minimum absolute atomic E-state index is 0.0564. The smallest absolute Gasteiger partial charge is 0.224 e. The van der Waals surface area contributed by atoms with Gasteiger partial charge in [0.1, 0.15) is 0 Å². The summed E-state index contributed by atoms with van der Waals surface area (Å²) in [5, 5.41) is 2.91. The van der Waals surface area contributed by atoms with Crippen LogP contribution >= 0.6 is 0 Å². The van der Waals surface area contributed by atoms with Gasteiger partial charge in [0, 0.05) is 25.8 Å². The standard InChI is InChI=1S/C11H22N2O2/c1-8(2)13-11(14)10(6-12)5-9-3-4-15-7-9/h8-10H,3-7,12H2,1-2H3,(H,13,14). The highest BCUT2D eigenvalue weighted by molar-refractivity contribution is 5.79. The number of carbonyl (C=O) groups is 1. The SMILES string of the molecule is CC(C)NC(=O)C(CN)CC1CCOC1. The van der Waals surface area contributed by atoms with Crippen molar-refractivity contribution < 1.29 is 9.53 Å². The van der Waals surface area contributed by atoms with Crippen molar-refractivity contribution in [3.05, 3.63) is 0 Å². The molecule has 0 aromatic rings. The highest BCUT2D eigenvalue weighted by Crippen LogP contribution is 2.21. The molecule has 88 valence electrons. The topological polar surface area (TPSA) is 64.4 Å². The van der Waals surface area contributed by atoms with Crippen molar-refractivity contribution in [2.75, 3.05) is 19.8 Å². The second-order valence-electron chi connectivity index (χ2n) is 4.56. The van der Waals surface area contributed by atoms with Gasteiger partial charge in [-0.2, -0.15) is 0 Å². The third kappa shape index (κ3) is 4.18. The van der Waals surface area contributed by atoms with Gasteiger partial charge in [-0.15, -0.1) is 0 Å². The summed E-state index contributed by atoms with van der Waals surface area (Å²) in [6, 6.07) is 0.186. The third-order valence-corrected chi connectivity index (χ3v) is 2.73. The molecule has 4 heteroatoms. The van der Waals surface area contributed by atoms with Crippen LogP contribution in [0.4, 0.5) is 0 Å². The van der Waals surface area contributed by atoms with Crippen LogP contribution in [-0.4, -0.2) is 31.7 Å². The summed E-state index contributed by atoms with van der Waals surface area (Å²) in [6.45, 7) is 5.96. The Morgan fingerprint density at radius 1 is 1.60 bits per heavy atom. The van der Waals surface area contributed by atoms with Gasteiger partial charge in [0.15, 0.2) is 0 Å².